The number of Topliss-reactive ketones (excluding diaryl/α,β-unsaturated/α-hetero) is 2. The number of primary amides is 1. The number of ketones is 2. The van der Waals surface area contributed by atoms with Crippen LogP contribution in [0, 0.1) is 17.2 Å². The van der Waals surface area contributed by atoms with Gasteiger partial charge in [0.1, 0.15) is 6.61 Å². The van der Waals surface area contributed by atoms with Crippen LogP contribution in [0.4, 0.5) is 4.79 Å². The van der Waals surface area contributed by atoms with E-state index in [1.54, 1.807) is 6.92 Å². The SMILES string of the molecule is CO[C@@]12[C@H](COC(N)=O)C3=C(C(=O)C(C)C(=N)C3=O)N1C[C@@H]1N[C@@H]12. The molecule has 5 atom stereocenters. The molecule has 0 saturated carbocycles. The highest BCUT2D eigenvalue weighted by atomic mass is 16.6. The predicted molar refractivity (Wildman–Crippen MR) is 80.1 cm³/mol. The molecule has 0 aromatic carbocycles. The van der Waals surface area contributed by atoms with Crippen LogP contribution >= 0.6 is 0 Å². The Bertz CT molecular complexity index is 731. The van der Waals surface area contributed by atoms with Gasteiger partial charge in [-0.3, -0.25) is 9.59 Å². The van der Waals surface area contributed by atoms with E-state index < -0.39 is 29.4 Å². The first-order chi connectivity index (χ1) is 11.3. The molecule has 0 spiro atoms. The molecule has 2 fully saturated rings. The van der Waals surface area contributed by atoms with Crippen molar-refractivity contribution in [3.63, 3.8) is 0 Å². The Kier molecular flexibility index (Phi) is 2.95. The summed E-state index contributed by atoms with van der Waals surface area (Å²) in [5.41, 5.74) is 4.37. The minimum atomic E-state index is -0.972. The van der Waals surface area contributed by atoms with Gasteiger partial charge in [-0.1, -0.05) is 0 Å². The highest BCUT2D eigenvalue weighted by Crippen LogP contribution is 2.55. The fraction of sp³-hybridized carbons (Fsp3) is 0.600. The van der Waals surface area contributed by atoms with Gasteiger partial charge in [-0.25, -0.2) is 4.79 Å². The van der Waals surface area contributed by atoms with E-state index in [1.807, 2.05) is 4.90 Å². The Morgan fingerprint density at radius 3 is 2.83 bits per heavy atom. The number of nitrogens with two attached hydrogens (primary N) is 1. The van der Waals surface area contributed by atoms with Crippen LogP contribution in [0.2, 0.25) is 0 Å². The summed E-state index contributed by atoms with van der Waals surface area (Å²) in [5, 5.41) is 11.2. The maximum absolute atomic E-state index is 12.8. The second-order valence-corrected chi connectivity index (χ2v) is 6.59. The number of hydrogen-bond donors (Lipinski definition) is 3. The van der Waals surface area contributed by atoms with Crippen LogP contribution in [0.1, 0.15) is 6.92 Å². The summed E-state index contributed by atoms with van der Waals surface area (Å²) in [6.07, 6.45) is -0.960. The van der Waals surface area contributed by atoms with Crippen molar-refractivity contribution < 1.29 is 23.9 Å². The number of carbonyl (C=O) groups is 3. The molecule has 3 heterocycles. The number of carbonyl (C=O) groups excluding carboxylic acids is 3. The van der Waals surface area contributed by atoms with Crippen LogP contribution in [0.25, 0.3) is 0 Å². The second kappa shape index (κ2) is 4.64. The van der Waals surface area contributed by atoms with E-state index in [0.29, 0.717) is 12.2 Å². The number of amides is 1. The van der Waals surface area contributed by atoms with Crippen LogP contribution in [-0.4, -0.2) is 66.3 Å². The highest BCUT2D eigenvalue weighted by molar-refractivity contribution is 6.52. The maximum Gasteiger partial charge on any atom is 0.404 e. The van der Waals surface area contributed by atoms with E-state index in [4.69, 9.17) is 20.6 Å². The third-order valence-electron chi connectivity index (χ3n) is 5.57. The average molecular weight is 334 g/mol. The standard InChI is InChI=1S/C15H18N4O5/c1-5-9(16)12(21)8-6(4-24-14(17)22)15(23-2)13-7(18-13)3-19(15)10(8)11(5)20/h5-7,13,16,18H,3-4H2,1-2H3,(H2,17,22)/t5?,6-,7+,13+,15-/m1/s1. The van der Waals surface area contributed by atoms with Crippen molar-refractivity contribution in [3.8, 4) is 0 Å². The van der Waals surface area contributed by atoms with Gasteiger partial charge < -0.3 is 30.8 Å². The van der Waals surface area contributed by atoms with Crippen molar-refractivity contribution in [2.24, 2.45) is 17.6 Å². The van der Waals surface area contributed by atoms with E-state index in [1.165, 1.54) is 7.11 Å². The van der Waals surface area contributed by atoms with E-state index in [9.17, 15) is 14.4 Å². The lowest BCUT2D eigenvalue weighted by molar-refractivity contribution is -0.138. The molecule has 2 saturated heterocycles. The van der Waals surface area contributed by atoms with Gasteiger partial charge in [-0.15, -0.1) is 0 Å². The van der Waals surface area contributed by atoms with Crippen molar-refractivity contribution >= 4 is 23.4 Å². The summed E-state index contributed by atoms with van der Waals surface area (Å²) in [6, 6.07) is 0.0920. The molecule has 1 unspecified atom stereocenters. The van der Waals surface area contributed by atoms with Gasteiger partial charge in [-0.05, 0) is 6.92 Å². The van der Waals surface area contributed by atoms with Crippen molar-refractivity contribution in [2.45, 2.75) is 24.7 Å². The van der Waals surface area contributed by atoms with E-state index in [2.05, 4.69) is 5.32 Å². The lowest BCUT2D eigenvalue weighted by Crippen LogP contribution is -2.55. The van der Waals surface area contributed by atoms with Gasteiger partial charge in [0.2, 0.25) is 5.78 Å². The van der Waals surface area contributed by atoms with Crippen molar-refractivity contribution in [2.75, 3.05) is 20.3 Å². The quantitative estimate of drug-likeness (QED) is 0.548. The third kappa shape index (κ3) is 1.60. The summed E-state index contributed by atoms with van der Waals surface area (Å²) in [6.45, 7) is 1.91. The van der Waals surface area contributed by atoms with Crippen molar-refractivity contribution in [1.82, 2.24) is 10.2 Å². The van der Waals surface area contributed by atoms with E-state index in [0.717, 1.165) is 0 Å². The smallest absolute Gasteiger partial charge is 0.404 e. The van der Waals surface area contributed by atoms with Crippen molar-refractivity contribution in [1.29, 1.82) is 5.41 Å². The second-order valence-electron chi connectivity index (χ2n) is 6.59. The Morgan fingerprint density at radius 1 is 1.50 bits per heavy atom. The van der Waals surface area contributed by atoms with Gasteiger partial charge >= 0.3 is 6.09 Å². The van der Waals surface area contributed by atoms with E-state index >= 15 is 0 Å². The predicted octanol–water partition coefficient (Wildman–Crippen LogP) is -1.23. The molecule has 0 aromatic heterocycles. The highest BCUT2D eigenvalue weighted by Gasteiger charge is 2.73. The zero-order chi connectivity index (χ0) is 17.4. The molecule has 9 heteroatoms. The molecule has 4 aliphatic rings. The molecule has 3 aliphatic heterocycles. The Labute approximate surface area is 137 Å². The number of nitrogens with zero attached hydrogens (tertiary/aromatic N) is 1. The van der Waals surface area contributed by atoms with Gasteiger partial charge in [0.15, 0.2) is 11.5 Å². The molecule has 0 aromatic rings. The van der Waals surface area contributed by atoms with Crippen LogP contribution in [0.15, 0.2) is 11.3 Å². The van der Waals surface area contributed by atoms with Gasteiger partial charge in [0.25, 0.3) is 0 Å². The molecule has 4 rings (SSSR count). The molecule has 9 nitrogen and oxygen atoms in total. The molecule has 0 radical (unpaired) electrons. The van der Waals surface area contributed by atoms with Crippen LogP contribution in [0.5, 0.6) is 0 Å². The third-order valence-corrected chi connectivity index (χ3v) is 5.57. The number of allylic oxidation sites excluding steroid dienone is 1. The van der Waals surface area contributed by atoms with Crippen LogP contribution in [0.3, 0.4) is 0 Å². The zero-order valence-corrected chi connectivity index (χ0v) is 13.3. The fourth-order valence-electron chi connectivity index (χ4n) is 4.39. The molecular weight excluding hydrogens is 316 g/mol. The minimum Gasteiger partial charge on any atom is -0.449 e. The van der Waals surface area contributed by atoms with Crippen LogP contribution in [-0.2, 0) is 19.1 Å². The number of nitrogens with one attached hydrogen (secondary N) is 2. The molecule has 0 bridgehead atoms. The molecule has 128 valence electrons. The summed E-state index contributed by atoms with van der Waals surface area (Å²) in [4.78, 5) is 38.4. The first kappa shape index (κ1) is 15.3. The first-order valence-corrected chi connectivity index (χ1v) is 7.77. The van der Waals surface area contributed by atoms with Gasteiger partial charge in [-0.2, -0.15) is 0 Å². The largest absolute Gasteiger partial charge is 0.449 e. The first-order valence-electron chi connectivity index (χ1n) is 7.77. The number of rotatable bonds is 3. The topological polar surface area (TPSA) is 145 Å². The fourth-order valence-corrected chi connectivity index (χ4v) is 4.39. The number of ether oxygens (including phenoxy) is 2. The lowest BCUT2D eigenvalue weighted by atomic mass is 9.79. The molecular formula is C15H18N4O5. The zero-order valence-electron chi connectivity index (χ0n) is 13.3. The molecule has 1 aliphatic carbocycles. The lowest BCUT2D eigenvalue weighted by Gasteiger charge is -2.39. The number of fused-ring (bicyclic) bond motifs is 4. The molecule has 1 amide bonds. The Balaban J connectivity index is 1.85. The monoisotopic (exact) mass is 334 g/mol. The molecule has 4 N–H and O–H groups in total. The summed E-state index contributed by atoms with van der Waals surface area (Å²) < 4.78 is 10.8. The van der Waals surface area contributed by atoms with E-state index in [-0.39, 0.29) is 35.8 Å². The van der Waals surface area contributed by atoms with Crippen LogP contribution < -0.4 is 11.1 Å². The van der Waals surface area contributed by atoms with Gasteiger partial charge in [0, 0.05) is 25.3 Å². The summed E-state index contributed by atoms with van der Waals surface area (Å²) >= 11 is 0. The van der Waals surface area contributed by atoms with Gasteiger partial charge in [0.05, 0.1) is 29.3 Å². The average Bonchev–Trinajstić information content (AvgIpc) is 3.16. The Morgan fingerprint density at radius 2 is 2.21 bits per heavy atom. The minimum absolute atomic E-state index is 0.0698. The number of hydrogen-bond acceptors (Lipinski definition) is 8. The normalized spacial score (nSPS) is 39.8. The molecule has 24 heavy (non-hydrogen) atoms. The Hall–Kier alpha value is -2.26. The number of piperazine rings is 1. The number of methoxy groups -OCH3 is 1. The van der Waals surface area contributed by atoms with Crippen molar-refractivity contribution in [3.05, 3.63) is 11.3 Å². The summed E-state index contributed by atoms with van der Waals surface area (Å²) in [7, 11) is 1.51. The maximum atomic E-state index is 12.8. The summed E-state index contributed by atoms with van der Waals surface area (Å²) in [5.74, 6) is -2.21.